The minimum atomic E-state index is -0.0705. The van der Waals surface area contributed by atoms with E-state index in [0.717, 1.165) is 17.1 Å². The van der Waals surface area contributed by atoms with E-state index in [1.54, 1.807) is 0 Å². The smallest absolute Gasteiger partial charge is 0.0467 e. The third kappa shape index (κ3) is 4.41. The summed E-state index contributed by atoms with van der Waals surface area (Å²) in [5.41, 5.74) is 13.7. The Balaban J connectivity index is 1.20. The first-order valence-corrected chi connectivity index (χ1v) is 15.4. The predicted molar refractivity (Wildman–Crippen MR) is 187 cm³/mol. The summed E-state index contributed by atoms with van der Waals surface area (Å²) in [4.78, 5) is 2.34. The predicted octanol–water partition coefficient (Wildman–Crippen LogP) is 11.9. The summed E-state index contributed by atoms with van der Waals surface area (Å²) >= 11 is 0. The Kier molecular flexibility index (Phi) is 6.20. The molecule has 210 valence electrons. The quantitative estimate of drug-likeness (QED) is 0.201. The highest BCUT2D eigenvalue weighted by Crippen LogP contribution is 2.51. The molecule has 0 N–H and O–H groups in total. The molecule has 0 unspecified atom stereocenters. The van der Waals surface area contributed by atoms with E-state index in [-0.39, 0.29) is 5.41 Å². The van der Waals surface area contributed by atoms with Crippen molar-refractivity contribution in [2.75, 3.05) is 4.90 Å². The summed E-state index contributed by atoms with van der Waals surface area (Å²) in [6.07, 6.45) is 0. The molecular formula is C43H33N. The topological polar surface area (TPSA) is 3.24 Å². The SMILES string of the molecule is CC1(C)c2cc(-c3cccc(N(c4ccccc4)c4ccc(-c5ccccc5)cc4)c3)ccc2-c2cc3ccccc3cc21. The molecule has 44 heavy (non-hydrogen) atoms. The molecule has 8 rings (SSSR count). The van der Waals surface area contributed by atoms with E-state index in [4.69, 9.17) is 0 Å². The molecule has 0 fully saturated rings. The van der Waals surface area contributed by atoms with Crippen molar-refractivity contribution in [3.63, 3.8) is 0 Å². The van der Waals surface area contributed by atoms with E-state index < -0.39 is 0 Å². The average Bonchev–Trinajstić information content (AvgIpc) is 3.30. The van der Waals surface area contributed by atoms with E-state index in [1.807, 2.05) is 0 Å². The van der Waals surface area contributed by atoms with Gasteiger partial charge < -0.3 is 4.90 Å². The van der Waals surface area contributed by atoms with Crippen LogP contribution in [-0.2, 0) is 5.41 Å². The van der Waals surface area contributed by atoms with Gasteiger partial charge in [-0.2, -0.15) is 0 Å². The highest BCUT2D eigenvalue weighted by Gasteiger charge is 2.35. The van der Waals surface area contributed by atoms with Crippen molar-refractivity contribution in [2.45, 2.75) is 19.3 Å². The summed E-state index contributed by atoms with van der Waals surface area (Å²) < 4.78 is 0. The second-order valence-corrected chi connectivity index (χ2v) is 12.3. The first-order valence-electron chi connectivity index (χ1n) is 15.4. The Morgan fingerprint density at radius 1 is 0.364 bits per heavy atom. The van der Waals surface area contributed by atoms with Gasteiger partial charge in [0.25, 0.3) is 0 Å². The normalized spacial score (nSPS) is 13.0. The third-order valence-corrected chi connectivity index (χ3v) is 9.23. The fourth-order valence-electron chi connectivity index (χ4n) is 6.88. The molecule has 1 heteroatoms. The minimum absolute atomic E-state index is 0.0705. The maximum atomic E-state index is 2.42. The zero-order chi connectivity index (χ0) is 29.7. The molecule has 0 saturated heterocycles. The summed E-state index contributed by atoms with van der Waals surface area (Å²) in [6.45, 7) is 4.73. The van der Waals surface area contributed by atoms with Crippen molar-refractivity contribution in [2.24, 2.45) is 0 Å². The fraction of sp³-hybridized carbons (Fsp3) is 0.0698. The Labute approximate surface area is 259 Å². The van der Waals surface area contributed by atoms with E-state index in [1.165, 1.54) is 55.3 Å². The Hall–Kier alpha value is -5.40. The Morgan fingerprint density at radius 3 is 1.64 bits per heavy atom. The van der Waals surface area contributed by atoms with Crippen LogP contribution in [0.3, 0.4) is 0 Å². The van der Waals surface area contributed by atoms with Crippen molar-refractivity contribution in [1.82, 2.24) is 0 Å². The molecule has 0 atom stereocenters. The van der Waals surface area contributed by atoms with Crippen LogP contribution in [0, 0.1) is 0 Å². The largest absolute Gasteiger partial charge is 0.310 e. The highest BCUT2D eigenvalue weighted by molar-refractivity contribution is 5.94. The molecule has 1 aliphatic carbocycles. The second kappa shape index (κ2) is 10.4. The first-order chi connectivity index (χ1) is 21.6. The molecule has 1 nitrogen and oxygen atoms in total. The number of anilines is 3. The van der Waals surface area contributed by atoms with Crippen LogP contribution in [0.2, 0.25) is 0 Å². The molecular weight excluding hydrogens is 530 g/mol. The van der Waals surface area contributed by atoms with Crippen LogP contribution in [-0.4, -0.2) is 0 Å². The van der Waals surface area contributed by atoms with Crippen molar-refractivity contribution in [3.8, 4) is 33.4 Å². The molecule has 0 aromatic heterocycles. The molecule has 0 saturated carbocycles. The molecule has 1 aliphatic rings. The highest BCUT2D eigenvalue weighted by atomic mass is 15.1. The standard InChI is InChI=1S/C43H33N/c1-43(2)41-29-35(22-25-39(41)40-27-33-14-9-10-15-34(33)28-42(40)43)32-16-11-19-38(26-32)44(36-17-7-4-8-18-36)37-23-20-31(21-24-37)30-12-5-3-6-13-30/h3-29H,1-2H3. The molecule has 7 aromatic rings. The fourth-order valence-corrected chi connectivity index (χ4v) is 6.88. The van der Waals surface area contributed by atoms with Gasteiger partial charge >= 0.3 is 0 Å². The minimum Gasteiger partial charge on any atom is -0.310 e. The molecule has 7 aromatic carbocycles. The van der Waals surface area contributed by atoms with Crippen LogP contribution >= 0.6 is 0 Å². The Morgan fingerprint density at radius 2 is 0.886 bits per heavy atom. The zero-order valence-electron chi connectivity index (χ0n) is 25.0. The van der Waals surface area contributed by atoms with Gasteiger partial charge in [0.1, 0.15) is 0 Å². The van der Waals surface area contributed by atoms with Crippen molar-refractivity contribution in [3.05, 3.63) is 175 Å². The van der Waals surface area contributed by atoms with Gasteiger partial charge in [0.15, 0.2) is 0 Å². The van der Waals surface area contributed by atoms with Gasteiger partial charge in [-0.25, -0.2) is 0 Å². The Bertz CT molecular complexity index is 2120. The molecule has 0 aliphatic heterocycles. The van der Waals surface area contributed by atoms with Crippen molar-refractivity contribution >= 4 is 27.8 Å². The second-order valence-electron chi connectivity index (χ2n) is 12.3. The zero-order valence-corrected chi connectivity index (χ0v) is 25.0. The van der Waals surface area contributed by atoms with Gasteiger partial charge in [-0.05, 0) is 110 Å². The lowest BCUT2D eigenvalue weighted by molar-refractivity contribution is 0.661. The summed E-state index contributed by atoms with van der Waals surface area (Å²) in [7, 11) is 0. The van der Waals surface area contributed by atoms with Crippen LogP contribution in [0.1, 0.15) is 25.0 Å². The lowest BCUT2D eigenvalue weighted by atomic mass is 9.81. The lowest BCUT2D eigenvalue weighted by Gasteiger charge is -2.26. The first kappa shape index (κ1) is 26.2. The van der Waals surface area contributed by atoms with E-state index in [0.29, 0.717) is 0 Å². The van der Waals surface area contributed by atoms with Gasteiger partial charge in [0.2, 0.25) is 0 Å². The molecule has 0 bridgehead atoms. The maximum absolute atomic E-state index is 2.42. The van der Waals surface area contributed by atoms with Crippen molar-refractivity contribution < 1.29 is 0 Å². The van der Waals surface area contributed by atoms with Crippen LogP contribution < -0.4 is 4.90 Å². The number of benzene rings is 7. The number of para-hydroxylation sites is 1. The van der Waals surface area contributed by atoms with Crippen molar-refractivity contribution in [1.29, 1.82) is 0 Å². The molecule has 0 spiro atoms. The summed E-state index contributed by atoms with van der Waals surface area (Å²) in [6, 6.07) is 59.5. The number of fused-ring (bicyclic) bond motifs is 4. The van der Waals surface area contributed by atoms with Crippen LogP contribution in [0.25, 0.3) is 44.2 Å². The average molecular weight is 564 g/mol. The summed E-state index contributed by atoms with van der Waals surface area (Å²) in [5.74, 6) is 0. The molecule has 0 radical (unpaired) electrons. The van der Waals surface area contributed by atoms with Crippen LogP contribution in [0.5, 0.6) is 0 Å². The number of hydrogen-bond acceptors (Lipinski definition) is 1. The van der Waals surface area contributed by atoms with E-state index >= 15 is 0 Å². The van der Waals surface area contributed by atoms with Gasteiger partial charge in [-0.1, -0.05) is 123 Å². The number of hydrogen-bond donors (Lipinski definition) is 0. The number of nitrogens with zero attached hydrogens (tertiary/aromatic N) is 1. The van der Waals surface area contributed by atoms with Gasteiger partial charge in [0.05, 0.1) is 0 Å². The van der Waals surface area contributed by atoms with E-state index in [9.17, 15) is 0 Å². The van der Waals surface area contributed by atoms with Crippen LogP contribution in [0.15, 0.2) is 164 Å². The molecule has 0 amide bonds. The van der Waals surface area contributed by atoms with Gasteiger partial charge in [-0.15, -0.1) is 0 Å². The monoisotopic (exact) mass is 563 g/mol. The maximum Gasteiger partial charge on any atom is 0.0467 e. The third-order valence-electron chi connectivity index (χ3n) is 9.23. The van der Waals surface area contributed by atoms with Crippen LogP contribution in [0.4, 0.5) is 17.1 Å². The van der Waals surface area contributed by atoms with Gasteiger partial charge in [-0.3, -0.25) is 0 Å². The lowest BCUT2D eigenvalue weighted by Crippen LogP contribution is -2.15. The summed E-state index contributed by atoms with van der Waals surface area (Å²) in [5, 5.41) is 2.60. The molecule has 0 heterocycles. The number of rotatable bonds is 5. The van der Waals surface area contributed by atoms with Gasteiger partial charge in [0, 0.05) is 22.5 Å². The van der Waals surface area contributed by atoms with E-state index in [2.05, 4.69) is 183 Å².